The van der Waals surface area contributed by atoms with Crippen molar-refractivity contribution >= 4 is 23.6 Å². The number of carbonyl (C=O) groups is 1. The first-order chi connectivity index (χ1) is 7.60. The summed E-state index contributed by atoms with van der Waals surface area (Å²) in [7, 11) is 0. The van der Waals surface area contributed by atoms with Gasteiger partial charge in [0.25, 0.3) is 0 Å². The molecule has 0 aromatic heterocycles. The maximum atomic E-state index is 11.0. The number of carbonyl (C=O) groups excluding carboxylic acids is 1. The molecule has 0 spiro atoms. The van der Waals surface area contributed by atoms with E-state index >= 15 is 0 Å². The van der Waals surface area contributed by atoms with Gasteiger partial charge in [0.05, 0.1) is 10.6 Å². The lowest BCUT2D eigenvalue weighted by Gasteiger charge is -2.25. The van der Waals surface area contributed by atoms with E-state index in [0.717, 1.165) is 30.6 Å². The van der Waals surface area contributed by atoms with Crippen molar-refractivity contribution in [3.05, 3.63) is 40.9 Å². The highest BCUT2D eigenvalue weighted by Gasteiger charge is 2.11. The highest BCUT2D eigenvalue weighted by Crippen LogP contribution is 2.26. The van der Waals surface area contributed by atoms with Gasteiger partial charge in [-0.2, -0.15) is 0 Å². The van der Waals surface area contributed by atoms with Gasteiger partial charge < -0.3 is 4.90 Å². The van der Waals surface area contributed by atoms with Gasteiger partial charge >= 0.3 is 0 Å². The van der Waals surface area contributed by atoms with Crippen LogP contribution in [0.1, 0.15) is 24.2 Å². The Morgan fingerprint density at radius 3 is 2.75 bits per heavy atom. The van der Waals surface area contributed by atoms with Crippen LogP contribution in [0.3, 0.4) is 0 Å². The van der Waals surface area contributed by atoms with Gasteiger partial charge in [0.2, 0.25) is 0 Å². The molecular weight excluding hydrogens is 222 g/mol. The minimum atomic E-state index is 0.493. The van der Waals surface area contributed by atoms with Crippen molar-refractivity contribution in [2.24, 2.45) is 0 Å². The molecule has 0 atom stereocenters. The van der Waals surface area contributed by atoms with Crippen LogP contribution in [0.25, 0.3) is 0 Å². The van der Waals surface area contributed by atoms with Crippen LogP contribution >= 0.6 is 11.6 Å². The third-order valence-corrected chi connectivity index (χ3v) is 2.66. The minimum absolute atomic E-state index is 0.493. The number of rotatable bonds is 5. The zero-order valence-corrected chi connectivity index (χ0v) is 10.4. The monoisotopic (exact) mass is 237 g/mol. The largest absolute Gasteiger partial charge is 0.367 e. The Hall–Kier alpha value is -1.28. The Bertz CT molecular complexity index is 401. The van der Waals surface area contributed by atoms with Crippen LogP contribution in [-0.4, -0.2) is 19.4 Å². The molecule has 0 bridgehead atoms. The van der Waals surface area contributed by atoms with E-state index in [1.807, 2.05) is 26.0 Å². The first-order valence-corrected chi connectivity index (χ1v) is 5.61. The molecule has 1 aromatic rings. The fourth-order valence-corrected chi connectivity index (χ4v) is 1.83. The lowest BCUT2D eigenvalue weighted by molar-refractivity contribution is 0.112. The van der Waals surface area contributed by atoms with Crippen molar-refractivity contribution < 1.29 is 4.79 Å². The summed E-state index contributed by atoms with van der Waals surface area (Å²) in [5.74, 6) is 0. The fraction of sp³-hybridized carbons (Fsp3) is 0.308. The zero-order chi connectivity index (χ0) is 12.1. The van der Waals surface area contributed by atoms with E-state index in [4.69, 9.17) is 11.6 Å². The number of aldehydes is 1. The average molecular weight is 238 g/mol. The highest BCUT2D eigenvalue weighted by molar-refractivity contribution is 6.33. The summed E-state index contributed by atoms with van der Waals surface area (Å²) >= 11 is 5.99. The number of benzene rings is 1. The number of likely N-dealkylation sites (N-methyl/N-ethyl adjacent to an activating group) is 1. The standard InChI is InChI=1S/C13H16ClNO/c1-4-15(8-10(2)3)13-7-5-6-12(14)11(13)9-16/h5-7,9H,2,4,8H2,1,3H3. The summed E-state index contributed by atoms with van der Waals surface area (Å²) in [6.45, 7) is 9.44. The average Bonchev–Trinajstić information content (AvgIpc) is 2.25. The molecular formula is C13H16ClNO. The minimum Gasteiger partial charge on any atom is -0.367 e. The van der Waals surface area contributed by atoms with Crippen LogP contribution in [0, 0.1) is 0 Å². The van der Waals surface area contributed by atoms with Crippen LogP contribution in [0.15, 0.2) is 30.4 Å². The SMILES string of the molecule is C=C(C)CN(CC)c1cccc(Cl)c1C=O. The summed E-state index contributed by atoms with van der Waals surface area (Å²) < 4.78 is 0. The summed E-state index contributed by atoms with van der Waals surface area (Å²) in [5, 5.41) is 0.493. The number of hydrogen-bond donors (Lipinski definition) is 0. The molecule has 0 saturated heterocycles. The summed E-state index contributed by atoms with van der Waals surface area (Å²) in [4.78, 5) is 13.1. The second kappa shape index (κ2) is 5.71. The second-order valence-corrected chi connectivity index (χ2v) is 4.17. The molecule has 0 N–H and O–H groups in total. The third kappa shape index (κ3) is 2.86. The molecule has 0 saturated carbocycles. The van der Waals surface area contributed by atoms with Gasteiger partial charge in [-0.05, 0) is 26.0 Å². The first kappa shape index (κ1) is 12.8. The maximum absolute atomic E-state index is 11.0. The summed E-state index contributed by atoms with van der Waals surface area (Å²) in [6, 6.07) is 5.48. The van der Waals surface area contributed by atoms with Crippen molar-refractivity contribution in [3.8, 4) is 0 Å². The van der Waals surface area contributed by atoms with Gasteiger partial charge in [0, 0.05) is 18.8 Å². The van der Waals surface area contributed by atoms with E-state index < -0.39 is 0 Å². The Morgan fingerprint density at radius 1 is 1.56 bits per heavy atom. The van der Waals surface area contributed by atoms with Crippen molar-refractivity contribution in [3.63, 3.8) is 0 Å². The molecule has 0 aliphatic rings. The lowest BCUT2D eigenvalue weighted by atomic mass is 10.1. The molecule has 0 aliphatic carbocycles. The van der Waals surface area contributed by atoms with E-state index in [1.165, 1.54) is 0 Å². The molecule has 2 nitrogen and oxygen atoms in total. The summed E-state index contributed by atoms with van der Waals surface area (Å²) in [5.41, 5.74) is 2.47. The molecule has 0 amide bonds. The Kier molecular flexibility index (Phi) is 4.56. The quantitative estimate of drug-likeness (QED) is 0.577. The Balaban J connectivity index is 3.13. The van der Waals surface area contributed by atoms with E-state index in [9.17, 15) is 4.79 Å². The van der Waals surface area contributed by atoms with Gasteiger partial charge in [-0.25, -0.2) is 0 Å². The van der Waals surface area contributed by atoms with Crippen LogP contribution in [0.4, 0.5) is 5.69 Å². The normalized spacial score (nSPS) is 9.94. The van der Waals surface area contributed by atoms with Crippen LogP contribution in [-0.2, 0) is 0 Å². The van der Waals surface area contributed by atoms with Gasteiger partial charge in [0.1, 0.15) is 0 Å². The molecule has 1 rings (SSSR count). The van der Waals surface area contributed by atoms with E-state index in [0.29, 0.717) is 10.6 Å². The summed E-state index contributed by atoms with van der Waals surface area (Å²) in [6.07, 6.45) is 0.804. The number of anilines is 1. The smallest absolute Gasteiger partial charge is 0.153 e. The van der Waals surface area contributed by atoms with Gasteiger partial charge in [-0.1, -0.05) is 29.8 Å². The molecule has 0 radical (unpaired) electrons. The Labute approximate surface area is 102 Å². The molecule has 3 heteroatoms. The molecule has 0 aliphatic heterocycles. The van der Waals surface area contributed by atoms with E-state index in [2.05, 4.69) is 11.5 Å². The van der Waals surface area contributed by atoms with Crippen molar-refractivity contribution in [1.29, 1.82) is 0 Å². The maximum Gasteiger partial charge on any atom is 0.153 e. The van der Waals surface area contributed by atoms with E-state index in [-0.39, 0.29) is 0 Å². The van der Waals surface area contributed by atoms with Crippen LogP contribution < -0.4 is 4.90 Å². The molecule has 1 aromatic carbocycles. The van der Waals surface area contributed by atoms with Crippen molar-refractivity contribution in [2.45, 2.75) is 13.8 Å². The third-order valence-electron chi connectivity index (χ3n) is 2.33. The van der Waals surface area contributed by atoms with Gasteiger partial charge in [0.15, 0.2) is 6.29 Å². The van der Waals surface area contributed by atoms with Crippen molar-refractivity contribution in [1.82, 2.24) is 0 Å². The predicted molar refractivity (Wildman–Crippen MR) is 69.5 cm³/mol. The topological polar surface area (TPSA) is 20.3 Å². The molecule has 0 heterocycles. The fourth-order valence-electron chi connectivity index (χ4n) is 1.61. The predicted octanol–water partition coefficient (Wildman–Crippen LogP) is 3.55. The highest BCUT2D eigenvalue weighted by atomic mass is 35.5. The zero-order valence-electron chi connectivity index (χ0n) is 9.66. The Morgan fingerprint density at radius 2 is 2.25 bits per heavy atom. The van der Waals surface area contributed by atoms with Crippen molar-refractivity contribution in [2.75, 3.05) is 18.0 Å². The van der Waals surface area contributed by atoms with E-state index in [1.54, 1.807) is 6.07 Å². The second-order valence-electron chi connectivity index (χ2n) is 3.76. The van der Waals surface area contributed by atoms with Crippen LogP contribution in [0.5, 0.6) is 0 Å². The molecule has 16 heavy (non-hydrogen) atoms. The first-order valence-electron chi connectivity index (χ1n) is 5.23. The molecule has 0 unspecified atom stereocenters. The van der Waals surface area contributed by atoms with Gasteiger partial charge in [-0.15, -0.1) is 0 Å². The van der Waals surface area contributed by atoms with Crippen LogP contribution in [0.2, 0.25) is 5.02 Å². The number of halogens is 1. The molecule has 0 fully saturated rings. The lowest BCUT2D eigenvalue weighted by Crippen LogP contribution is -2.25. The van der Waals surface area contributed by atoms with Gasteiger partial charge in [-0.3, -0.25) is 4.79 Å². The number of hydrogen-bond acceptors (Lipinski definition) is 2. The molecule has 86 valence electrons. The number of nitrogens with zero attached hydrogens (tertiary/aromatic N) is 1.